The molecule has 3 rings (SSSR count). The summed E-state index contributed by atoms with van der Waals surface area (Å²) in [6.07, 6.45) is 5.68. The molecule has 0 saturated carbocycles. The van der Waals surface area contributed by atoms with Crippen molar-refractivity contribution in [2.75, 3.05) is 0 Å². The van der Waals surface area contributed by atoms with Crippen molar-refractivity contribution >= 4 is 21.6 Å². The van der Waals surface area contributed by atoms with E-state index < -0.39 is 0 Å². The second-order valence-corrected chi connectivity index (χ2v) is 5.37. The van der Waals surface area contributed by atoms with E-state index >= 15 is 0 Å². The summed E-state index contributed by atoms with van der Waals surface area (Å²) in [7, 11) is 0. The summed E-state index contributed by atoms with van der Waals surface area (Å²) in [5, 5.41) is 0. The standard InChI is InChI=1S/C15H14BrN3/c1-11-4-2-5-12(10-11)6-7-13-18-14(16)15-17-8-3-9-19(13)15/h2-5,8-10H,6-7H2,1H3. The molecule has 0 spiro atoms. The van der Waals surface area contributed by atoms with Crippen LogP contribution >= 0.6 is 15.9 Å². The second kappa shape index (κ2) is 5.13. The summed E-state index contributed by atoms with van der Waals surface area (Å²) in [5.74, 6) is 1.04. The molecule has 1 aromatic carbocycles. The first-order valence-corrected chi connectivity index (χ1v) is 7.06. The fourth-order valence-corrected chi connectivity index (χ4v) is 2.75. The predicted molar refractivity (Wildman–Crippen MR) is 79.3 cm³/mol. The summed E-state index contributed by atoms with van der Waals surface area (Å²) < 4.78 is 2.85. The molecule has 0 aliphatic heterocycles. The van der Waals surface area contributed by atoms with Crippen LogP contribution < -0.4 is 0 Å². The minimum atomic E-state index is 0.812. The quantitative estimate of drug-likeness (QED) is 0.739. The van der Waals surface area contributed by atoms with Crippen molar-refractivity contribution in [1.29, 1.82) is 0 Å². The lowest BCUT2D eigenvalue weighted by Gasteiger charge is -2.02. The third-order valence-corrected chi connectivity index (χ3v) is 3.69. The van der Waals surface area contributed by atoms with Crippen molar-refractivity contribution in [1.82, 2.24) is 14.4 Å². The van der Waals surface area contributed by atoms with Gasteiger partial charge in [-0.3, -0.25) is 4.40 Å². The molecule has 0 saturated heterocycles. The molecule has 0 fully saturated rings. The van der Waals surface area contributed by atoms with E-state index in [1.807, 2.05) is 16.7 Å². The van der Waals surface area contributed by atoms with E-state index in [9.17, 15) is 0 Å². The Labute approximate surface area is 120 Å². The number of nitrogens with zero attached hydrogens (tertiary/aromatic N) is 3. The van der Waals surface area contributed by atoms with Gasteiger partial charge in [0.05, 0.1) is 0 Å². The van der Waals surface area contributed by atoms with Crippen LogP contribution in [0.2, 0.25) is 0 Å². The Bertz CT molecular complexity index is 718. The highest BCUT2D eigenvalue weighted by Gasteiger charge is 2.09. The number of rotatable bonds is 3. The van der Waals surface area contributed by atoms with Gasteiger partial charge in [-0.05, 0) is 40.9 Å². The van der Waals surface area contributed by atoms with Crippen LogP contribution in [0.4, 0.5) is 0 Å². The van der Waals surface area contributed by atoms with Gasteiger partial charge in [0.1, 0.15) is 5.82 Å². The van der Waals surface area contributed by atoms with E-state index in [1.54, 1.807) is 6.20 Å². The largest absolute Gasteiger partial charge is 0.287 e. The van der Waals surface area contributed by atoms with Crippen LogP contribution in [0.3, 0.4) is 0 Å². The molecule has 0 bridgehead atoms. The van der Waals surface area contributed by atoms with Gasteiger partial charge in [0.15, 0.2) is 10.3 Å². The number of benzene rings is 1. The highest BCUT2D eigenvalue weighted by atomic mass is 79.9. The molecule has 96 valence electrons. The second-order valence-electron chi connectivity index (χ2n) is 4.62. The van der Waals surface area contributed by atoms with Crippen LogP contribution in [-0.4, -0.2) is 14.4 Å². The molecule has 0 N–H and O–H groups in total. The van der Waals surface area contributed by atoms with Crippen molar-refractivity contribution in [2.45, 2.75) is 19.8 Å². The maximum Gasteiger partial charge on any atom is 0.171 e. The van der Waals surface area contributed by atoms with Crippen LogP contribution in [0.1, 0.15) is 17.0 Å². The number of aromatic nitrogens is 3. The zero-order chi connectivity index (χ0) is 13.2. The van der Waals surface area contributed by atoms with Gasteiger partial charge in [-0.1, -0.05) is 29.8 Å². The van der Waals surface area contributed by atoms with Gasteiger partial charge in [-0.15, -0.1) is 0 Å². The zero-order valence-corrected chi connectivity index (χ0v) is 12.3. The van der Waals surface area contributed by atoms with Gasteiger partial charge in [-0.2, -0.15) is 0 Å². The number of aryl methyl sites for hydroxylation is 3. The molecule has 0 aliphatic carbocycles. The van der Waals surface area contributed by atoms with Gasteiger partial charge in [-0.25, -0.2) is 9.97 Å². The van der Waals surface area contributed by atoms with E-state index in [1.165, 1.54) is 11.1 Å². The minimum Gasteiger partial charge on any atom is -0.287 e. The number of fused-ring (bicyclic) bond motifs is 1. The molecule has 2 heterocycles. The van der Waals surface area contributed by atoms with Crippen LogP contribution in [0.5, 0.6) is 0 Å². The van der Waals surface area contributed by atoms with Crippen LogP contribution in [0.15, 0.2) is 47.3 Å². The average Bonchev–Trinajstić information content (AvgIpc) is 2.74. The first-order valence-electron chi connectivity index (χ1n) is 6.27. The van der Waals surface area contributed by atoms with Crippen molar-refractivity contribution in [2.24, 2.45) is 0 Å². The topological polar surface area (TPSA) is 30.2 Å². The van der Waals surface area contributed by atoms with E-state index in [4.69, 9.17) is 0 Å². The van der Waals surface area contributed by atoms with E-state index in [-0.39, 0.29) is 0 Å². The number of halogens is 1. The minimum absolute atomic E-state index is 0.812. The van der Waals surface area contributed by atoms with Gasteiger partial charge in [0.25, 0.3) is 0 Å². The molecule has 0 aliphatic rings. The Kier molecular flexibility index (Phi) is 3.34. The normalized spacial score (nSPS) is 11.1. The molecule has 0 unspecified atom stereocenters. The lowest BCUT2D eigenvalue weighted by molar-refractivity contribution is 0.848. The zero-order valence-electron chi connectivity index (χ0n) is 10.7. The summed E-state index contributed by atoms with van der Waals surface area (Å²) in [5.41, 5.74) is 3.52. The molecule has 2 aromatic heterocycles. The Hall–Kier alpha value is -1.68. The van der Waals surface area contributed by atoms with Crippen molar-refractivity contribution in [3.63, 3.8) is 0 Å². The fraction of sp³-hybridized carbons (Fsp3) is 0.200. The first-order chi connectivity index (χ1) is 9.24. The first kappa shape index (κ1) is 12.4. The Morgan fingerprint density at radius 3 is 2.95 bits per heavy atom. The van der Waals surface area contributed by atoms with E-state index in [0.717, 1.165) is 28.9 Å². The summed E-state index contributed by atoms with van der Waals surface area (Å²) in [6.45, 7) is 2.12. The third-order valence-electron chi connectivity index (χ3n) is 3.16. The van der Waals surface area contributed by atoms with Crippen LogP contribution in [0, 0.1) is 6.92 Å². The fourth-order valence-electron chi connectivity index (χ4n) is 2.25. The molecule has 0 radical (unpaired) electrons. The Morgan fingerprint density at radius 2 is 2.11 bits per heavy atom. The molecule has 19 heavy (non-hydrogen) atoms. The lowest BCUT2D eigenvalue weighted by atomic mass is 10.1. The number of hydrogen-bond acceptors (Lipinski definition) is 2. The van der Waals surface area contributed by atoms with Crippen LogP contribution in [0.25, 0.3) is 5.65 Å². The summed E-state index contributed by atoms with van der Waals surface area (Å²) >= 11 is 3.46. The Balaban J connectivity index is 1.86. The number of imidazole rings is 1. The van der Waals surface area contributed by atoms with Crippen molar-refractivity contribution < 1.29 is 0 Å². The summed E-state index contributed by atoms with van der Waals surface area (Å²) in [4.78, 5) is 8.87. The molecule has 0 amide bonds. The van der Waals surface area contributed by atoms with Gasteiger partial charge < -0.3 is 0 Å². The maximum atomic E-state index is 4.54. The van der Waals surface area contributed by atoms with Crippen molar-refractivity contribution in [3.8, 4) is 0 Å². The SMILES string of the molecule is Cc1cccc(CCc2nc(Br)c3ncccn23)c1. The van der Waals surface area contributed by atoms with Gasteiger partial charge in [0, 0.05) is 18.8 Å². The molecule has 3 nitrogen and oxygen atoms in total. The molecule has 0 atom stereocenters. The maximum absolute atomic E-state index is 4.54. The third kappa shape index (κ3) is 2.54. The molecule has 3 aromatic rings. The van der Waals surface area contributed by atoms with Gasteiger partial charge in [0.2, 0.25) is 0 Å². The molecule has 4 heteroatoms. The summed E-state index contributed by atoms with van der Waals surface area (Å²) in [6, 6.07) is 10.5. The smallest absolute Gasteiger partial charge is 0.171 e. The highest BCUT2D eigenvalue weighted by molar-refractivity contribution is 9.10. The predicted octanol–water partition coefficient (Wildman–Crippen LogP) is 3.59. The average molecular weight is 316 g/mol. The highest BCUT2D eigenvalue weighted by Crippen LogP contribution is 2.17. The lowest BCUT2D eigenvalue weighted by Crippen LogP contribution is -1.98. The number of hydrogen-bond donors (Lipinski definition) is 0. The van der Waals surface area contributed by atoms with Crippen molar-refractivity contribution in [3.05, 3.63) is 64.3 Å². The van der Waals surface area contributed by atoms with E-state index in [0.29, 0.717) is 0 Å². The monoisotopic (exact) mass is 315 g/mol. The van der Waals surface area contributed by atoms with E-state index in [2.05, 4.69) is 57.1 Å². The van der Waals surface area contributed by atoms with Gasteiger partial charge >= 0.3 is 0 Å². The molecular weight excluding hydrogens is 302 g/mol. The molecular formula is C15H14BrN3. The Morgan fingerprint density at radius 1 is 1.21 bits per heavy atom. The van der Waals surface area contributed by atoms with Crippen LogP contribution in [-0.2, 0) is 12.8 Å².